The number of carbonyl (C=O) groups excluding carboxylic acids is 1. The third-order valence-corrected chi connectivity index (χ3v) is 5.84. The summed E-state index contributed by atoms with van der Waals surface area (Å²) in [5.74, 6) is -1.60. The van der Waals surface area contributed by atoms with E-state index in [9.17, 15) is 22.0 Å². The topological polar surface area (TPSA) is 84.5 Å². The summed E-state index contributed by atoms with van der Waals surface area (Å²) in [6.45, 7) is -0.436. The number of nitrogens with one attached hydrogen (secondary N) is 2. The Bertz CT molecular complexity index is 1220. The molecule has 0 saturated heterocycles. The van der Waals surface area contributed by atoms with E-state index in [1.807, 2.05) is 0 Å². The Morgan fingerprint density at radius 1 is 0.903 bits per heavy atom. The van der Waals surface area contributed by atoms with Crippen LogP contribution in [0.25, 0.3) is 0 Å². The van der Waals surface area contributed by atoms with Crippen LogP contribution in [-0.4, -0.2) is 20.9 Å². The zero-order chi connectivity index (χ0) is 22.6. The van der Waals surface area contributed by atoms with Crippen LogP contribution in [0.4, 0.5) is 20.2 Å². The molecule has 0 aliphatic rings. The monoisotopic (exact) mass is 486 g/mol. The molecule has 0 heterocycles. The highest BCUT2D eigenvalue weighted by molar-refractivity contribution is 7.92. The first-order valence-electron chi connectivity index (χ1n) is 8.60. The molecule has 0 fully saturated rings. The molecule has 0 aromatic heterocycles. The predicted octanol–water partition coefficient (Wildman–Crippen LogP) is 5.09. The average molecular weight is 487 g/mol. The molecule has 31 heavy (non-hydrogen) atoms. The molecule has 3 rings (SSSR count). The Hall–Kier alpha value is -2.88. The minimum absolute atomic E-state index is 0.0420. The van der Waals surface area contributed by atoms with E-state index in [1.54, 1.807) is 0 Å². The van der Waals surface area contributed by atoms with E-state index in [1.165, 1.54) is 36.4 Å². The third kappa shape index (κ3) is 6.06. The van der Waals surface area contributed by atoms with Gasteiger partial charge in [-0.3, -0.25) is 9.52 Å². The van der Waals surface area contributed by atoms with E-state index in [4.69, 9.17) is 27.9 Å². The number of hydrogen-bond acceptors (Lipinski definition) is 4. The molecule has 162 valence electrons. The predicted molar refractivity (Wildman–Crippen MR) is 114 cm³/mol. The van der Waals surface area contributed by atoms with Gasteiger partial charge in [0, 0.05) is 11.4 Å². The Balaban J connectivity index is 1.64. The van der Waals surface area contributed by atoms with Crippen molar-refractivity contribution in [2.45, 2.75) is 4.90 Å². The van der Waals surface area contributed by atoms with Crippen molar-refractivity contribution >= 4 is 50.5 Å². The van der Waals surface area contributed by atoms with Crippen molar-refractivity contribution in [1.82, 2.24) is 0 Å². The van der Waals surface area contributed by atoms with Crippen molar-refractivity contribution in [3.8, 4) is 5.75 Å². The van der Waals surface area contributed by atoms with Crippen LogP contribution in [0.2, 0.25) is 10.0 Å². The van der Waals surface area contributed by atoms with Gasteiger partial charge < -0.3 is 10.1 Å². The molecule has 0 unspecified atom stereocenters. The fraction of sp³-hybridized carbons (Fsp3) is 0.0500. The lowest BCUT2D eigenvalue weighted by atomic mass is 10.3. The zero-order valence-electron chi connectivity index (χ0n) is 15.5. The van der Waals surface area contributed by atoms with Crippen LogP contribution in [0.15, 0.2) is 65.6 Å². The summed E-state index contributed by atoms with van der Waals surface area (Å²) in [6.07, 6.45) is 0. The molecular formula is C20H14Cl2F2N2O4S. The van der Waals surface area contributed by atoms with E-state index < -0.39 is 34.2 Å². The fourth-order valence-corrected chi connectivity index (χ4v) is 3.98. The number of amides is 1. The van der Waals surface area contributed by atoms with Crippen LogP contribution in [0.1, 0.15) is 0 Å². The van der Waals surface area contributed by atoms with Crippen LogP contribution in [0, 0.1) is 11.6 Å². The highest BCUT2D eigenvalue weighted by atomic mass is 35.5. The molecule has 0 bridgehead atoms. The summed E-state index contributed by atoms with van der Waals surface area (Å²) in [5.41, 5.74) is 0.454. The Kier molecular flexibility index (Phi) is 6.99. The van der Waals surface area contributed by atoms with E-state index in [2.05, 4.69) is 10.0 Å². The molecule has 11 heteroatoms. The SMILES string of the molecule is O=C(COc1ccc(S(=O)(=O)Nc2ccc(F)cc2)cc1Cl)Nc1ccc(F)c(Cl)c1. The van der Waals surface area contributed by atoms with Crippen molar-refractivity contribution in [2.24, 2.45) is 0 Å². The quantitative estimate of drug-likeness (QED) is 0.487. The highest BCUT2D eigenvalue weighted by Gasteiger charge is 2.17. The van der Waals surface area contributed by atoms with Gasteiger partial charge in [0.2, 0.25) is 0 Å². The van der Waals surface area contributed by atoms with Crippen LogP contribution in [-0.2, 0) is 14.8 Å². The Morgan fingerprint density at radius 2 is 1.58 bits per heavy atom. The molecule has 2 N–H and O–H groups in total. The molecule has 0 aliphatic heterocycles. The summed E-state index contributed by atoms with van der Waals surface area (Å²) in [7, 11) is -3.98. The smallest absolute Gasteiger partial charge is 0.262 e. The van der Waals surface area contributed by atoms with Crippen molar-refractivity contribution in [1.29, 1.82) is 0 Å². The van der Waals surface area contributed by atoms with Crippen LogP contribution < -0.4 is 14.8 Å². The molecule has 0 spiro atoms. The second-order valence-electron chi connectivity index (χ2n) is 6.17. The molecule has 3 aromatic carbocycles. The number of benzene rings is 3. The van der Waals surface area contributed by atoms with Crippen LogP contribution in [0.5, 0.6) is 5.75 Å². The number of hydrogen-bond donors (Lipinski definition) is 2. The maximum absolute atomic E-state index is 13.2. The standard InChI is InChI=1S/C20H14Cl2F2N2O4S/c21-16-9-14(5-7-18(16)24)25-20(27)11-30-19-8-6-15(10-17(19)22)31(28,29)26-13-3-1-12(23)2-4-13/h1-10,26H,11H2,(H,25,27). The Morgan fingerprint density at radius 3 is 2.23 bits per heavy atom. The van der Waals surface area contributed by atoms with Gasteiger partial charge in [-0.25, -0.2) is 17.2 Å². The molecular weight excluding hydrogens is 473 g/mol. The summed E-state index contributed by atoms with van der Waals surface area (Å²) in [6, 6.07) is 12.2. The fourth-order valence-electron chi connectivity index (χ4n) is 2.41. The van der Waals surface area contributed by atoms with Gasteiger partial charge in [-0.2, -0.15) is 0 Å². The summed E-state index contributed by atoms with van der Waals surface area (Å²) < 4.78 is 58.7. The maximum Gasteiger partial charge on any atom is 0.262 e. The zero-order valence-corrected chi connectivity index (χ0v) is 17.9. The molecule has 0 atom stereocenters. The third-order valence-electron chi connectivity index (χ3n) is 3.87. The van der Waals surface area contributed by atoms with Gasteiger partial charge in [0.1, 0.15) is 17.4 Å². The highest BCUT2D eigenvalue weighted by Crippen LogP contribution is 2.28. The first-order chi connectivity index (χ1) is 14.6. The largest absolute Gasteiger partial charge is 0.482 e. The molecule has 6 nitrogen and oxygen atoms in total. The molecule has 1 amide bonds. The van der Waals surface area contributed by atoms with Gasteiger partial charge in [-0.05, 0) is 60.7 Å². The van der Waals surface area contributed by atoms with Crippen molar-refractivity contribution in [3.05, 3.63) is 82.3 Å². The van der Waals surface area contributed by atoms with E-state index in [0.29, 0.717) is 0 Å². The maximum atomic E-state index is 13.2. The lowest BCUT2D eigenvalue weighted by Gasteiger charge is -2.12. The Labute approximate surface area is 186 Å². The van der Waals surface area contributed by atoms with Gasteiger partial charge in [-0.1, -0.05) is 23.2 Å². The van der Waals surface area contributed by atoms with Gasteiger partial charge in [0.15, 0.2) is 6.61 Å². The van der Waals surface area contributed by atoms with Crippen molar-refractivity contribution < 1.29 is 26.7 Å². The number of carbonyl (C=O) groups is 1. The lowest BCUT2D eigenvalue weighted by molar-refractivity contribution is -0.118. The number of halogens is 4. The second-order valence-corrected chi connectivity index (χ2v) is 8.67. The van der Waals surface area contributed by atoms with Gasteiger partial charge >= 0.3 is 0 Å². The second kappa shape index (κ2) is 9.51. The van der Waals surface area contributed by atoms with Crippen molar-refractivity contribution in [3.63, 3.8) is 0 Å². The number of ether oxygens (including phenoxy) is 1. The summed E-state index contributed by atoms with van der Waals surface area (Å²) in [4.78, 5) is 11.8. The number of sulfonamides is 1. The summed E-state index contributed by atoms with van der Waals surface area (Å²) >= 11 is 11.7. The van der Waals surface area contributed by atoms with E-state index in [-0.39, 0.29) is 32.1 Å². The minimum atomic E-state index is -3.98. The van der Waals surface area contributed by atoms with Crippen molar-refractivity contribution in [2.75, 3.05) is 16.6 Å². The molecule has 0 radical (unpaired) electrons. The lowest BCUT2D eigenvalue weighted by Crippen LogP contribution is -2.20. The summed E-state index contributed by atoms with van der Waals surface area (Å²) in [5, 5.41) is 2.29. The van der Waals surface area contributed by atoms with Crippen LogP contribution >= 0.6 is 23.2 Å². The first-order valence-corrected chi connectivity index (χ1v) is 10.8. The average Bonchev–Trinajstić information content (AvgIpc) is 2.71. The number of rotatable bonds is 7. The molecule has 0 saturated carbocycles. The van der Waals surface area contributed by atoms with E-state index in [0.717, 1.165) is 24.3 Å². The van der Waals surface area contributed by atoms with E-state index >= 15 is 0 Å². The number of anilines is 2. The molecule has 0 aliphatic carbocycles. The normalized spacial score (nSPS) is 11.1. The van der Waals surface area contributed by atoms with Crippen LogP contribution in [0.3, 0.4) is 0 Å². The van der Waals surface area contributed by atoms with Gasteiger partial charge in [0.05, 0.1) is 14.9 Å². The van der Waals surface area contributed by atoms with Gasteiger partial charge in [0.25, 0.3) is 15.9 Å². The minimum Gasteiger partial charge on any atom is -0.482 e. The molecule has 3 aromatic rings. The van der Waals surface area contributed by atoms with Gasteiger partial charge in [-0.15, -0.1) is 0 Å². The first kappa shape index (κ1) is 22.8.